The highest BCUT2D eigenvalue weighted by Gasteiger charge is 2.36. The van der Waals surface area contributed by atoms with Crippen LogP contribution in [0, 0.1) is 5.92 Å². The lowest BCUT2D eigenvalue weighted by atomic mass is 9.92. The summed E-state index contributed by atoms with van der Waals surface area (Å²) >= 11 is 6.09. The summed E-state index contributed by atoms with van der Waals surface area (Å²) in [4.78, 5) is 27.8. The summed E-state index contributed by atoms with van der Waals surface area (Å²) in [6.07, 6.45) is 5.71. The van der Waals surface area contributed by atoms with Crippen molar-refractivity contribution in [2.45, 2.75) is 0 Å². The summed E-state index contributed by atoms with van der Waals surface area (Å²) in [6.45, 7) is 0. The van der Waals surface area contributed by atoms with E-state index >= 15 is 0 Å². The number of hydrogen-bond acceptors (Lipinski definition) is 4. The van der Waals surface area contributed by atoms with Crippen LogP contribution in [0.1, 0.15) is 0 Å². The number of hydrogen-bond donors (Lipinski definition) is 1. The predicted octanol–water partition coefficient (Wildman–Crippen LogP) is 2.20. The number of allylic oxidation sites excluding steroid dienone is 1. The van der Waals surface area contributed by atoms with Crippen LogP contribution in [-0.4, -0.2) is 40.7 Å². The van der Waals surface area contributed by atoms with Crippen LogP contribution in [0.15, 0.2) is 47.0 Å². The van der Waals surface area contributed by atoms with Crippen molar-refractivity contribution in [3.63, 3.8) is 0 Å². The number of ether oxygens (including phenoxy) is 1. The van der Waals surface area contributed by atoms with E-state index < -0.39 is 11.9 Å². The number of aliphatic imine (C=N–C) groups is 1. The van der Waals surface area contributed by atoms with Crippen LogP contribution >= 0.6 is 11.6 Å². The normalized spacial score (nSPS) is 19.5. The van der Waals surface area contributed by atoms with Gasteiger partial charge in [-0.25, -0.2) is 9.59 Å². The highest BCUT2D eigenvalue weighted by Crippen LogP contribution is 2.30. The molecule has 0 saturated carbocycles. The Labute approximate surface area is 136 Å². The molecule has 0 saturated heterocycles. The Balaban J connectivity index is 2.00. The second kappa shape index (κ2) is 5.81. The van der Waals surface area contributed by atoms with Crippen molar-refractivity contribution < 1.29 is 24.0 Å². The Morgan fingerprint density at radius 3 is 2.87 bits per heavy atom. The molecule has 0 bridgehead atoms. The van der Waals surface area contributed by atoms with Gasteiger partial charge < -0.3 is 9.84 Å². The van der Waals surface area contributed by atoms with Gasteiger partial charge in [-0.3, -0.25) is 0 Å². The average molecular weight is 332 g/mol. The maximum absolute atomic E-state index is 12.6. The van der Waals surface area contributed by atoms with Crippen molar-refractivity contribution in [2.75, 3.05) is 7.11 Å². The molecule has 1 aromatic rings. The molecule has 0 fully saturated rings. The van der Waals surface area contributed by atoms with Crippen molar-refractivity contribution in [1.29, 1.82) is 0 Å². The smallest absolute Gasteiger partial charge is 0.335 e. The van der Waals surface area contributed by atoms with E-state index in [1.165, 1.54) is 36.3 Å². The number of nitrogens with zero attached hydrogens (tertiary/aromatic N) is 2. The third-order valence-electron chi connectivity index (χ3n) is 3.58. The highest BCUT2D eigenvalue weighted by atomic mass is 35.5. The van der Waals surface area contributed by atoms with E-state index in [0.717, 1.165) is 0 Å². The first-order valence-corrected chi connectivity index (χ1v) is 7.10. The Morgan fingerprint density at radius 1 is 1.43 bits per heavy atom. The molecule has 1 amide bonds. The zero-order valence-corrected chi connectivity index (χ0v) is 12.8. The fourth-order valence-electron chi connectivity index (χ4n) is 2.39. The highest BCUT2D eigenvalue weighted by molar-refractivity contribution is 6.32. The molecule has 6 nitrogen and oxygen atoms in total. The number of methoxy groups -OCH3 is 1. The van der Waals surface area contributed by atoms with E-state index in [0.29, 0.717) is 22.2 Å². The number of carbonyl (C=O) groups excluding carboxylic acids is 1. The van der Waals surface area contributed by atoms with E-state index in [1.54, 1.807) is 18.2 Å². The van der Waals surface area contributed by atoms with Gasteiger partial charge in [0, 0.05) is 12.1 Å². The second-order valence-electron chi connectivity index (χ2n) is 4.94. The predicted molar refractivity (Wildman–Crippen MR) is 84.8 cm³/mol. The van der Waals surface area contributed by atoms with Crippen LogP contribution in [0.2, 0.25) is 5.02 Å². The monoisotopic (exact) mass is 331 g/mol. The first kappa shape index (κ1) is 15.2. The lowest BCUT2D eigenvalue weighted by Crippen LogP contribution is -2.35. The maximum Gasteiger partial charge on any atom is 0.335 e. The van der Waals surface area contributed by atoms with Crippen LogP contribution in [0.5, 0.6) is 5.75 Å². The lowest BCUT2D eigenvalue weighted by Gasteiger charge is -2.16. The first-order valence-electron chi connectivity index (χ1n) is 6.72. The number of fused-ring (bicyclic) bond motifs is 1. The molecular formula is C16H12ClN2O4+. The minimum Gasteiger partial charge on any atom is -0.495 e. The Bertz CT molecular complexity index is 836. The molecule has 1 aliphatic carbocycles. The van der Waals surface area contributed by atoms with Gasteiger partial charge in [-0.05, 0) is 12.1 Å². The standard InChI is InChI=1S/C16H11ClN2O4/c1-23-14-5-3-10(7-12(14)17)19-8-18-13-6-9(16(21)22)2-4-11(13)15(19)20/h2-8,11H,1H3/p+1. The molecule has 0 radical (unpaired) electrons. The van der Waals surface area contributed by atoms with E-state index in [1.807, 2.05) is 0 Å². The molecule has 23 heavy (non-hydrogen) atoms. The first-order chi connectivity index (χ1) is 11.0. The summed E-state index contributed by atoms with van der Waals surface area (Å²) < 4.78 is 6.46. The molecular weight excluding hydrogens is 320 g/mol. The average Bonchev–Trinajstić information content (AvgIpc) is 2.54. The summed E-state index contributed by atoms with van der Waals surface area (Å²) in [5.74, 6) is -1.38. The molecule has 1 N–H and O–H groups in total. The summed E-state index contributed by atoms with van der Waals surface area (Å²) in [5, 5.41) is 9.38. The van der Waals surface area contributed by atoms with Gasteiger partial charge in [0.05, 0.1) is 17.7 Å². The van der Waals surface area contributed by atoms with E-state index in [9.17, 15) is 9.59 Å². The molecule has 7 heteroatoms. The molecule has 0 aromatic heterocycles. The Hall–Kier alpha value is -2.73. The van der Waals surface area contributed by atoms with Crippen molar-refractivity contribution >= 4 is 41.2 Å². The fraction of sp³-hybridized carbons (Fsp3) is 0.125. The summed E-state index contributed by atoms with van der Waals surface area (Å²) in [6, 6.07) is 4.97. The van der Waals surface area contributed by atoms with Crippen molar-refractivity contribution in [3.8, 4) is 5.75 Å². The molecule has 1 atom stereocenters. The van der Waals surface area contributed by atoms with Gasteiger partial charge in [0.2, 0.25) is 0 Å². The number of rotatable bonds is 3. The minimum absolute atomic E-state index is 0.0992. The number of amides is 1. The molecule has 1 unspecified atom stereocenters. The van der Waals surface area contributed by atoms with Crippen molar-refractivity contribution in [1.82, 2.24) is 0 Å². The molecule has 1 heterocycles. The molecule has 3 rings (SSSR count). The van der Waals surface area contributed by atoms with E-state index in [2.05, 4.69) is 4.99 Å². The van der Waals surface area contributed by atoms with Crippen LogP contribution in [0.4, 0.5) is 5.69 Å². The topological polar surface area (TPSA) is 79.0 Å². The number of carboxylic acid groups (broad SMARTS) is 1. The third kappa shape index (κ3) is 2.68. The van der Waals surface area contributed by atoms with Crippen LogP contribution in [0.25, 0.3) is 0 Å². The quantitative estimate of drug-likeness (QED) is 0.861. The van der Waals surface area contributed by atoms with Gasteiger partial charge in [0.1, 0.15) is 17.4 Å². The minimum atomic E-state index is -1.06. The lowest BCUT2D eigenvalue weighted by molar-refractivity contribution is -0.366. The van der Waals surface area contributed by atoms with Crippen molar-refractivity contribution in [2.24, 2.45) is 10.9 Å². The number of aliphatic carboxylic acids is 1. The summed E-state index contributed by atoms with van der Waals surface area (Å²) in [7, 11) is 1.51. The summed E-state index contributed by atoms with van der Waals surface area (Å²) in [5.41, 5.74) is 1.07. The Kier molecular flexibility index (Phi) is 3.83. The Morgan fingerprint density at radius 2 is 2.22 bits per heavy atom. The molecule has 1 aliphatic heterocycles. The molecule has 116 valence electrons. The van der Waals surface area contributed by atoms with Gasteiger partial charge in [0.15, 0.2) is 5.71 Å². The van der Waals surface area contributed by atoms with E-state index in [-0.39, 0.29) is 11.5 Å². The van der Waals surface area contributed by atoms with E-state index in [4.69, 9.17) is 21.4 Å². The van der Waals surface area contributed by atoms with Crippen molar-refractivity contribution in [3.05, 3.63) is 47.0 Å². The third-order valence-corrected chi connectivity index (χ3v) is 3.87. The second-order valence-corrected chi connectivity index (χ2v) is 5.35. The van der Waals surface area contributed by atoms with Crippen LogP contribution in [0.3, 0.4) is 0 Å². The van der Waals surface area contributed by atoms with Gasteiger partial charge in [-0.1, -0.05) is 28.7 Å². The number of carbonyl (C=O) groups is 2. The fourth-order valence-corrected chi connectivity index (χ4v) is 2.64. The van der Waals surface area contributed by atoms with Crippen LogP contribution < -0.4 is 4.74 Å². The van der Waals surface area contributed by atoms with Gasteiger partial charge >= 0.3 is 11.9 Å². The molecule has 2 aliphatic rings. The van der Waals surface area contributed by atoms with Crippen LogP contribution in [-0.2, 0) is 9.59 Å². The SMILES string of the molecule is COc1ccc([N+]2=CN=C3C=C(C(=O)O)C=CC3C2=O)cc1Cl. The van der Waals surface area contributed by atoms with Gasteiger partial charge in [0.25, 0.3) is 6.34 Å². The number of halogens is 1. The van der Waals surface area contributed by atoms with Gasteiger partial charge in [-0.15, -0.1) is 0 Å². The molecule has 1 aromatic carbocycles. The largest absolute Gasteiger partial charge is 0.495 e. The maximum atomic E-state index is 12.6. The number of carboxylic acids is 1. The van der Waals surface area contributed by atoms with Gasteiger partial charge in [-0.2, -0.15) is 4.58 Å². The zero-order chi connectivity index (χ0) is 16.6. The zero-order valence-electron chi connectivity index (χ0n) is 12.1. The number of benzene rings is 1. The molecule has 0 spiro atoms.